The first kappa shape index (κ1) is 13.8. The Morgan fingerprint density at radius 3 is 2.35 bits per heavy atom. The molecule has 1 atom stereocenters. The molecule has 0 radical (unpaired) electrons. The first-order valence-electron chi connectivity index (χ1n) is 5.55. The van der Waals surface area contributed by atoms with E-state index < -0.39 is 6.10 Å². The predicted molar refractivity (Wildman–Crippen MR) is 67.6 cm³/mol. The Balaban J connectivity index is 2.78. The second-order valence-corrected chi connectivity index (χ2v) is 4.26. The minimum atomic E-state index is -0.616. The lowest BCUT2D eigenvalue weighted by molar-refractivity contribution is -0.150. The van der Waals surface area contributed by atoms with E-state index in [-0.39, 0.29) is 5.97 Å². The number of hydrogen-bond acceptors (Lipinski definition) is 3. The summed E-state index contributed by atoms with van der Waals surface area (Å²) in [6.07, 6.45) is -0.616. The number of rotatable bonds is 4. The van der Waals surface area contributed by atoms with Gasteiger partial charge in [-0.05, 0) is 51.0 Å². The number of halogens is 1. The SMILES string of the molecule is CCOC(=O)C(C)Oc1cc(C)c(Cl)c(C)c1. The van der Waals surface area contributed by atoms with Gasteiger partial charge in [-0.2, -0.15) is 0 Å². The number of carbonyl (C=O) groups is 1. The molecule has 0 bridgehead atoms. The van der Waals surface area contributed by atoms with Gasteiger partial charge in [-0.3, -0.25) is 0 Å². The van der Waals surface area contributed by atoms with Crippen molar-refractivity contribution in [1.29, 1.82) is 0 Å². The van der Waals surface area contributed by atoms with Gasteiger partial charge in [0, 0.05) is 5.02 Å². The van der Waals surface area contributed by atoms with Crippen LogP contribution in [0.5, 0.6) is 5.75 Å². The second kappa shape index (κ2) is 5.92. The summed E-state index contributed by atoms with van der Waals surface area (Å²) in [6, 6.07) is 3.62. The van der Waals surface area contributed by atoms with Crippen molar-refractivity contribution in [2.45, 2.75) is 33.8 Å². The van der Waals surface area contributed by atoms with Gasteiger partial charge in [-0.1, -0.05) is 11.6 Å². The molecule has 4 heteroatoms. The Morgan fingerprint density at radius 2 is 1.88 bits per heavy atom. The Kier molecular flexibility index (Phi) is 4.82. The molecule has 0 aliphatic heterocycles. The van der Waals surface area contributed by atoms with Crippen LogP contribution < -0.4 is 4.74 Å². The van der Waals surface area contributed by atoms with E-state index in [2.05, 4.69) is 0 Å². The summed E-state index contributed by atoms with van der Waals surface area (Å²) in [7, 11) is 0. The minimum Gasteiger partial charge on any atom is -0.479 e. The lowest BCUT2D eigenvalue weighted by Crippen LogP contribution is -2.26. The van der Waals surface area contributed by atoms with Gasteiger partial charge in [0.2, 0.25) is 0 Å². The fraction of sp³-hybridized carbons (Fsp3) is 0.462. The maximum Gasteiger partial charge on any atom is 0.347 e. The monoisotopic (exact) mass is 256 g/mol. The third kappa shape index (κ3) is 3.63. The highest BCUT2D eigenvalue weighted by Gasteiger charge is 2.16. The largest absolute Gasteiger partial charge is 0.479 e. The van der Waals surface area contributed by atoms with Crippen LogP contribution in [0.25, 0.3) is 0 Å². The smallest absolute Gasteiger partial charge is 0.347 e. The average molecular weight is 257 g/mol. The van der Waals surface area contributed by atoms with Crippen molar-refractivity contribution in [3.8, 4) is 5.75 Å². The molecule has 0 saturated heterocycles. The van der Waals surface area contributed by atoms with Crippen LogP contribution in [0.15, 0.2) is 12.1 Å². The van der Waals surface area contributed by atoms with E-state index in [0.717, 1.165) is 16.1 Å². The van der Waals surface area contributed by atoms with E-state index in [0.29, 0.717) is 12.4 Å². The molecule has 0 fully saturated rings. The Morgan fingerprint density at radius 1 is 1.35 bits per heavy atom. The molecule has 0 spiro atoms. The van der Waals surface area contributed by atoms with E-state index in [4.69, 9.17) is 21.1 Å². The fourth-order valence-corrected chi connectivity index (χ4v) is 1.60. The molecule has 0 aromatic heterocycles. The second-order valence-electron chi connectivity index (χ2n) is 3.88. The van der Waals surface area contributed by atoms with Crippen LogP contribution in [0, 0.1) is 13.8 Å². The average Bonchev–Trinajstić information content (AvgIpc) is 2.26. The van der Waals surface area contributed by atoms with Gasteiger partial charge in [-0.15, -0.1) is 0 Å². The number of ether oxygens (including phenoxy) is 2. The molecule has 0 aliphatic carbocycles. The fourth-order valence-electron chi connectivity index (χ4n) is 1.49. The van der Waals surface area contributed by atoms with E-state index in [1.165, 1.54) is 0 Å². The predicted octanol–water partition coefficient (Wildman–Crippen LogP) is 3.29. The Labute approximate surface area is 107 Å². The molecular formula is C13H17ClO3. The molecular weight excluding hydrogens is 240 g/mol. The zero-order valence-electron chi connectivity index (χ0n) is 10.5. The molecule has 0 heterocycles. The number of aryl methyl sites for hydroxylation is 2. The van der Waals surface area contributed by atoms with Gasteiger partial charge < -0.3 is 9.47 Å². The highest BCUT2D eigenvalue weighted by Crippen LogP contribution is 2.26. The highest BCUT2D eigenvalue weighted by atomic mass is 35.5. The van der Waals surface area contributed by atoms with Crippen LogP contribution in [0.3, 0.4) is 0 Å². The van der Waals surface area contributed by atoms with Crippen molar-refractivity contribution in [2.24, 2.45) is 0 Å². The summed E-state index contributed by atoms with van der Waals surface area (Å²) in [5.74, 6) is 0.266. The van der Waals surface area contributed by atoms with Crippen molar-refractivity contribution in [2.75, 3.05) is 6.61 Å². The highest BCUT2D eigenvalue weighted by molar-refractivity contribution is 6.32. The number of esters is 1. The molecule has 0 N–H and O–H groups in total. The number of carbonyl (C=O) groups excluding carboxylic acids is 1. The summed E-state index contributed by atoms with van der Waals surface area (Å²) in [5, 5.41) is 0.723. The van der Waals surface area contributed by atoms with Crippen molar-refractivity contribution in [3.05, 3.63) is 28.3 Å². The number of benzene rings is 1. The molecule has 17 heavy (non-hydrogen) atoms. The van der Waals surface area contributed by atoms with Gasteiger partial charge in [-0.25, -0.2) is 4.79 Å². The molecule has 1 unspecified atom stereocenters. The van der Waals surface area contributed by atoms with Crippen LogP contribution in [-0.4, -0.2) is 18.7 Å². The maximum absolute atomic E-state index is 11.4. The molecule has 1 aromatic rings. The molecule has 0 saturated carbocycles. The van der Waals surface area contributed by atoms with Crippen molar-refractivity contribution >= 4 is 17.6 Å². The first-order chi connectivity index (χ1) is 7.95. The summed E-state index contributed by atoms with van der Waals surface area (Å²) in [4.78, 5) is 11.4. The van der Waals surface area contributed by atoms with Crippen LogP contribution in [0.2, 0.25) is 5.02 Å². The molecule has 0 amide bonds. The lowest BCUT2D eigenvalue weighted by Gasteiger charge is -2.15. The third-order valence-corrected chi connectivity index (χ3v) is 2.94. The van der Waals surface area contributed by atoms with E-state index in [9.17, 15) is 4.79 Å². The van der Waals surface area contributed by atoms with Gasteiger partial charge in [0.1, 0.15) is 5.75 Å². The van der Waals surface area contributed by atoms with Crippen LogP contribution in [0.4, 0.5) is 0 Å². The Bertz CT molecular complexity index is 392. The van der Waals surface area contributed by atoms with Gasteiger partial charge in [0.05, 0.1) is 6.61 Å². The van der Waals surface area contributed by atoms with Crippen LogP contribution >= 0.6 is 11.6 Å². The summed E-state index contributed by atoms with van der Waals surface area (Å²) < 4.78 is 10.4. The summed E-state index contributed by atoms with van der Waals surface area (Å²) in [6.45, 7) is 7.58. The zero-order chi connectivity index (χ0) is 13.0. The summed E-state index contributed by atoms with van der Waals surface area (Å²) in [5.41, 5.74) is 1.86. The topological polar surface area (TPSA) is 35.5 Å². The van der Waals surface area contributed by atoms with Gasteiger partial charge >= 0.3 is 5.97 Å². The molecule has 94 valence electrons. The zero-order valence-corrected chi connectivity index (χ0v) is 11.3. The van der Waals surface area contributed by atoms with Gasteiger partial charge in [0.15, 0.2) is 6.10 Å². The van der Waals surface area contributed by atoms with Crippen molar-refractivity contribution < 1.29 is 14.3 Å². The first-order valence-corrected chi connectivity index (χ1v) is 5.93. The van der Waals surface area contributed by atoms with Crippen LogP contribution in [-0.2, 0) is 9.53 Å². The lowest BCUT2D eigenvalue weighted by atomic mass is 10.1. The molecule has 1 rings (SSSR count). The van der Waals surface area contributed by atoms with Crippen molar-refractivity contribution in [1.82, 2.24) is 0 Å². The molecule has 3 nitrogen and oxygen atoms in total. The quantitative estimate of drug-likeness (QED) is 0.776. The normalized spacial score (nSPS) is 12.1. The van der Waals surface area contributed by atoms with E-state index in [1.807, 2.05) is 26.0 Å². The van der Waals surface area contributed by atoms with Gasteiger partial charge in [0.25, 0.3) is 0 Å². The Hall–Kier alpha value is -1.22. The maximum atomic E-state index is 11.4. The summed E-state index contributed by atoms with van der Waals surface area (Å²) >= 11 is 6.05. The van der Waals surface area contributed by atoms with E-state index in [1.54, 1.807) is 13.8 Å². The molecule has 1 aromatic carbocycles. The number of hydrogen-bond donors (Lipinski definition) is 0. The van der Waals surface area contributed by atoms with E-state index >= 15 is 0 Å². The van der Waals surface area contributed by atoms with Crippen LogP contribution in [0.1, 0.15) is 25.0 Å². The van der Waals surface area contributed by atoms with Crippen molar-refractivity contribution in [3.63, 3.8) is 0 Å². The minimum absolute atomic E-state index is 0.352. The molecule has 0 aliphatic rings. The standard InChI is InChI=1S/C13H17ClO3/c1-5-16-13(15)10(4)17-11-6-8(2)12(14)9(3)7-11/h6-7,10H,5H2,1-4H3. The third-order valence-electron chi connectivity index (χ3n) is 2.34.